The fraction of sp³-hybridized carbons (Fsp3) is 0.415. The number of halogens is 1. The molecule has 276 valence electrons. The second kappa shape index (κ2) is 13.3. The molecule has 0 saturated heterocycles. The molecule has 3 amide bonds. The Balaban J connectivity index is 1.06. The number of nitrogens with two attached hydrogens (primary N) is 1. The van der Waals surface area contributed by atoms with Gasteiger partial charge in [0.15, 0.2) is 6.23 Å². The maximum atomic E-state index is 12.6. The zero-order valence-electron chi connectivity index (χ0n) is 30.7. The molecule has 2 aromatic heterocycles. The van der Waals surface area contributed by atoms with Gasteiger partial charge in [0, 0.05) is 61.2 Å². The van der Waals surface area contributed by atoms with Gasteiger partial charge in [0.05, 0.1) is 29.1 Å². The number of methoxy groups -OCH3 is 1. The second-order valence-corrected chi connectivity index (χ2v) is 15.8. The maximum Gasteiger partial charge on any atom is 0.326 e. The largest absolute Gasteiger partial charge is 0.481 e. The number of urea groups is 1. The summed E-state index contributed by atoms with van der Waals surface area (Å²) in [6.45, 7) is 4.74. The van der Waals surface area contributed by atoms with Crippen LogP contribution < -0.4 is 20.7 Å². The Kier molecular flexibility index (Phi) is 8.86. The standard InChI is InChI=1S/C41H46ClN7O4/c1-24-26(7-6-10-30(24)45-35-33-32(11-18-44-35)47(2)39(52)48(3)37(33)50)28-8-5-9-29(34(28)42)31-21-25-22-49(19-12-27(25)36(46-31)53-4)20-17-40-13-15-41(23-40,16-14-40)38(43)51/h5-11,18,21,37,50H,12-17,19-20,22-23H2,1-4H3,(H2,43,51)(H,44,45). The number of carbonyl (C=O) groups is 2. The van der Waals surface area contributed by atoms with Crippen molar-refractivity contribution in [3.63, 3.8) is 0 Å². The van der Waals surface area contributed by atoms with Crippen LogP contribution in [0.1, 0.15) is 67.0 Å². The molecule has 2 saturated carbocycles. The lowest BCUT2D eigenvalue weighted by Gasteiger charge is -2.37. The molecule has 1 unspecified atom stereocenters. The van der Waals surface area contributed by atoms with Crippen molar-refractivity contribution in [3.8, 4) is 28.3 Å². The lowest BCUT2D eigenvalue weighted by Crippen LogP contribution is -2.46. The predicted molar refractivity (Wildman–Crippen MR) is 206 cm³/mol. The average Bonchev–Trinajstić information content (AvgIpc) is 3.74. The Morgan fingerprint density at radius 3 is 2.57 bits per heavy atom. The van der Waals surface area contributed by atoms with Gasteiger partial charge >= 0.3 is 6.03 Å². The number of fused-ring (bicyclic) bond motifs is 4. The van der Waals surface area contributed by atoms with Crippen molar-refractivity contribution in [2.45, 2.75) is 64.6 Å². The van der Waals surface area contributed by atoms with Crippen LogP contribution in [0.15, 0.2) is 54.7 Å². The normalized spacial score (nSPS) is 23.6. The van der Waals surface area contributed by atoms with Gasteiger partial charge in [0.25, 0.3) is 0 Å². The molecule has 0 spiro atoms. The van der Waals surface area contributed by atoms with Gasteiger partial charge in [-0.2, -0.15) is 0 Å². The van der Waals surface area contributed by atoms with Gasteiger partial charge in [-0.05, 0) is 98.7 Å². The highest BCUT2D eigenvalue weighted by atomic mass is 35.5. The monoisotopic (exact) mass is 735 g/mol. The SMILES string of the molecule is COc1nc(-c2cccc(-c3cccc(Nc4nccc5c4C(O)N(C)C(=O)N5C)c3C)c2Cl)cc2c1CCN(CCC13CCC(C(N)=O)(CC1)C3)C2. The van der Waals surface area contributed by atoms with E-state index in [-0.39, 0.29) is 22.8 Å². The molecule has 0 radical (unpaired) electrons. The summed E-state index contributed by atoms with van der Waals surface area (Å²) in [5.41, 5.74) is 14.4. The summed E-state index contributed by atoms with van der Waals surface area (Å²) in [6.07, 6.45) is 7.44. The van der Waals surface area contributed by atoms with Gasteiger partial charge in [0.1, 0.15) is 5.82 Å². The first-order valence-corrected chi connectivity index (χ1v) is 18.7. The molecule has 2 aliphatic carbocycles. The van der Waals surface area contributed by atoms with E-state index in [1.165, 1.54) is 15.4 Å². The molecule has 2 aliphatic heterocycles. The first kappa shape index (κ1) is 35.3. The average molecular weight is 736 g/mol. The molecule has 4 aromatic rings. The summed E-state index contributed by atoms with van der Waals surface area (Å²) in [6, 6.07) is 15.5. The summed E-state index contributed by atoms with van der Waals surface area (Å²) in [4.78, 5) is 39.7. The number of hydrogen-bond donors (Lipinski definition) is 3. The Morgan fingerprint density at radius 2 is 1.83 bits per heavy atom. The van der Waals surface area contributed by atoms with Crippen molar-refractivity contribution in [2.75, 3.05) is 44.5 Å². The number of pyridine rings is 2. The summed E-state index contributed by atoms with van der Waals surface area (Å²) < 4.78 is 5.86. The van der Waals surface area contributed by atoms with E-state index >= 15 is 0 Å². The fourth-order valence-electron chi connectivity index (χ4n) is 9.37. The van der Waals surface area contributed by atoms with Gasteiger partial charge in [-0.1, -0.05) is 41.9 Å². The summed E-state index contributed by atoms with van der Waals surface area (Å²) in [5, 5.41) is 15.1. The quantitative estimate of drug-likeness (QED) is 0.164. The smallest absolute Gasteiger partial charge is 0.326 e. The number of primary amides is 1. The molecule has 4 heterocycles. The number of amides is 3. The Bertz CT molecular complexity index is 2130. The molecule has 8 rings (SSSR count). The summed E-state index contributed by atoms with van der Waals surface area (Å²) in [5.74, 6) is 0.990. The highest BCUT2D eigenvalue weighted by Crippen LogP contribution is 2.63. The molecular formula is C41H46ClN7O4. The number of hydrogen-bond acceptors (Lipinski definition) is 8. The van der Waals surface area contributed by atoms with Crippen LogP contribution in [0.3, 0.4) is 0 Å². The zero-order chi connectivity index (χ0) is 37.2. The van der Waals surface area contributed by atoms with Crippen LogP contribution in [0.5, 0.6) is 5.88 Å². The third kappa shape index (κ3) is 5.89. The first-order chi connectivity index (χ1) is 25.4. The summed E-state index contributed by atoms with van der Waals surface area (Å²) >= 11 is 7.29. The van der Waals surface area contributed by atoms with E-state index in [1.54, 1.807) is 33.5 Å². The van der Waals surface area contributed by atoms with E-state index in [9.17, 15) is 14.7 Å². The van der Waals surface area contributed by atoms with Crippen LogP contribution in [0, 0.1) is 17.8 Å². The molecule has 11 nitrogen and oxygen atoms in total. The van der Waals surface area contributed by atoms with Gasteiger partial charge in [-0.3, -0.25) is 19.5 Å². The number of nitrogens with zero attached hydrogens (tertiary/aromatic N) is 5. The second-order valence-electron chi connectivity index (χ2n) is 15.4. The highest BCUT2D eigenvalue weighted by molar-refractivity contribution is 6.36. The number of benzene rings is 2. The Hall–Kier alpha value is -4.71. The number of ether oxygens (including phenoxy) is 1. The Morgan fingerprint density at radius 1 is 1.09 bits per heavy atom. The molecule has 2 bridgehead atoms. The number of aliphatic hydroxyl groups is 1. The third-order valence-corrected chi connectivity index (χ3v) is 13.0. The first-order valence-electron chi connectivity index (χ1n) is 18.4. The number of nitrogens with one attached hydrogen (secondary N) is 1. The van der Waals surface area contributed by atoms with Gasteiger partial charge in [0.2, 0.25) is 11.8 Å². The minimum atomic E-state index is -1.15. The van der Waals surface area contributed by atoms with E-state index in [1.807, 2.05) is 43.3 Å². The zero-order valence-corrected chi connectivity index (χ0v) is 31.5. The molecule has 2 aromatic carbocycles. The number of rotatable bonds is 9. The number of aromatic nitrogens is 2. The van der Waals surface area contributed by atoms with Gasteiger partial charge in [-0.15, -0.1) is 0 Å². The van der Waals surface area contributed by atoms with Crippen LogP contribution >= 0.6 is 11.6 Å². The van der Waals surface area contributed by atoms with Gasteiger partial charge in [-0.25, -0.2) is 14.8 Å². The van der Waals surface area contributed by atoms with Crippen molar-refractivity contribution < 1.29 is 19.4 Å². The molecule has 2 fully saturated rings. The van der Waals surface area contributed by atoms with Crippen LogP contribution in [-0.2, 0) is 17.8 Å². The fourth-order valence-corrected chi connectivity index (χ4v) is 9.69. The lowest BCUT2D eigenvalue weighted by molar-refractivity contribution is -0.127. The van der Waals surface area contributed by atoms with Crippen molar-refractivity contribution in [1.29, 1.82) is 0 Å². The molecule has 1 atom stereocenters. The van der Waals surface area contributed by atoms with Crippen LogP contribution in [0.25, 0.3) is 22.4 Å². The minimum absolute atomic E-state index is 0.109. The molecule has 53 heavy (non-hydrogen) atoms. The molecule has 4 aliphatic rings. The number of aliphatic hydroxyl groups excluding tert-OH is 1. The molecular weight excluding hydrogens is 690 g/mol. The maximum absolute atomic E-state index is 12.6. The van der Waals surface area contributed by atoms with Crippen molar-refractivity contribution in [1.82, 2.24) is 19.8 Å². The molecule has 4 N–H and O–H groups in total. The number of carbonyl (C=O) groups excluding carboxylic acids is 2. The number of anilines is 3. The molecule has 12 heteroatoms. The minimum Gasteiger partial charge on any atom is -0.481 e. The highest BCUT2D eigenvalue weighted by Gasteiger charge is 2.56. The van der Waals surface area contributed by atoms with Gasteiger partial charge < -0.3 is 20.9 Å². The Labute approximate surface area is 315 Å². The predicted octanol–water partition coefficient (Wildman–Crippen LogP) is 7.20. The topological polar surface area (TPSA) is 137 Å². The van der Waals surface area contributed by atoms with Crippen molar-refractivity contribution >= 4 is 40.7 Å². The van der Waals surface area contributed by atoms with Crippen LogP contribution in [0.2, 0.25) is 5.02 Å². The lowest BCUT2D eigenvalue weighted by atomic mass is 9.80. The summed E-state index contributed by atoms with van der Waals surface area (Å²) in [7, 11) is 4.92. The van der Waals surface area contributed by atoms with E-state index < -0.39 is 6.23 Å². The van der Waals surface area contributed by atoms with E-state index in [0.29, 0.717) is 28.0 Å². The third-order valence-electron chi connectivity index (χ3n) is 12.6. The van der Waals surface area contributed by atoms with E-state index in [4.69, 9.17) is 27.1 Å². The van der Waals surface area contributed by atoms with Crippen molar-refractivity contribution in [3.05, 3.63) is 82.0 Å². The van der Waals surface area contributed by atoms with E-state index in [2.05, 4.69) is 21.3 Å². The van der Waals surface area contributed by atoms with Crippen LogP contribution in [-0.4, -0.2) is 71.1 Å². The van der Waals surface area contributed by atoms with E-state index in [0.717, 1.165) is 104 Å². The van der Waals surface area contributed by atoms with Crippen molar-refractivity contribution in [2.24, 2.45) is 16.6 Å². The van der Waals surface area contributed by atoms with Crippen LogP contribution in [0.4, 0.5) is 22.0 Å².